The van der Waals surface area contributed by atoms with Gasteiger partial charge in [0.25, 0.3) is 0 Å². The van der Waals surface area contributed by atoms with Gasteiger partial charge in [0.1, 0.15) is 0 Å². The summed E-state index contributed by atoms with van der Waals surface area (Å²) in [7, 11) is -5.87. The summed E-state index contributed by atoms with van der Waals surface area (Å²) in [6.45, 7) is 5.24. The Labute approximate surface area is 214 Å². The van der Waals surface area contributed by atoms with Gasteiger partial charge in [0, 0.05) is 0 Å². The number of benzene rings is 3. The largest absolute Gasteiger partial charge is 0.743 e. The fraction of sp³-hybridized carbons (Fsp3) is 0.296. The highest BCUT2D eigenvalue weighted by molar-refractivity contribution is 7.97. The van der Waals surface area contributed by atoms with E-state index < -0.39 is 32.9 Å². The maximum atomic E-state index is 13.0. The van der Waals surface area contributed by atoms with E-state index >= 15 is 0 Å². The van der Waals surface area contributed by atoms with E-state index in [4.69, 9.17) is 0 Å². The summed E-state index contributed by atoms with van der Waals surface area (Å²) in [6, 6.07) is 32.2. The van der Waals surface area contributed by atoms with Crippen LogP contribution in [0.3, 0.4) is 0 Å². The number of ether oxygens (including phenoxy) is 1. The third-order valence-corrected chi connectivity index (χ3v) is 8.69. The maximum absolute atomic E-state index is 13.0. The van der Waals surface area contributed by atoms with Crippen molar-refractivity contribution in [2.45, 2.75) is 60.2 Å². The smallest absolute Gasteiger partial charge is 0.369 e. The molecule has 0 aliphatic rings. The molecule has 0 aliphatic heterocycles. The molecule has 0 aromatic heterocycles. The third kappa shape index (κ3) is 7.62. The predicted octanol–water partition coefficient (Wildman–Crippen LogP) is 6.27. The van der Waals surface area contributed by atoms with Gasteiger partial charge in [0.2, 0.25) is 0 Å². The Bertz CT molecular complexity index is 1110. The lowest BCUT2D eigenvalue weighted by molar-refractivity contribution is -0.170. The van der Waals surface area contributed by atoms with E-state index in [1.807, 2.05) is 0 Å². The van der Waals surface area contributed by atoms with E-state index in [0.29, 0.717) is 13.3 Å². The van der Waals surface area contributed by atoms with Crippen LogP contribution in [0.15, 0.2) is 106 Å². The van der Waals surface area contributed by atoms with Crippen LogP contribution < -0.4 is 0 Å². The number of hydrogen-bond acceptors (Lipinski definition) is 5. The number of carbonyl (C=O) groups is 1. The number of halogens is 2. The summed E-state index contributed by atoms with van der Waals surface area (Å²) >= 11 is 0. The molecule has 0 saturated carbocycles. The fourth-order valence-corrected chi connectivity index (χ4v) is 5.37. The van der Waals surface area contributed by atoms with Gasteiger partial charge in [-0.15, -0.1) is 0 Å². The zero-order chi connectivity index (χ0) is 27.0. The topological polar surface area (TPSA) is 83.5 Å². The molecule has 1 unspecified atom stereocenters. The van der Waals surface area contributed by atoms with Crippen LogP contribution in [0, 0.1) is 5.41 Å². The van der Waals surface area contributed by atoms with Crippen molar-refractivity contribution < 1.29 is 31.3 Å². The Kier molecular flexibility index (Phi) is 10.2. The summed E-state index contributed by atoms with van der Waals surface area (Å²) < 4.78 is 61.2. The Balaban J connectivity index is 0.000000256. The summed E-state index contributed by atoms with van der Waals surface area (Å²) in [5, 5.41) is -4.63. The molecule has 36 heavy (non-hydrogen) atoms. The quantitative estimate of drug-likeness (QED) is 0.192. The first-order valence-corrected chi connectivity index (χ1v) is 13.9. The van der Waals surface area contributed by atoms with Gasteiger partial charge in [-0.05, 0) is 63.6 Å². The molecule has 0 fully saturated rings. The average molecular weight is 537 g/mol. The van der Waals surface area contributed by atoms with Crippen molar-refractivity contribution in [2.75, 3.05) is 0 Å². The lowest BCUT2D eigenvalue weighted by Gasteiger charge is -2.29. The van der Waals surface area contributed by atoms with Gasteiger partial charge >= 0.3 is 11.2 Å². The molecule has 0 saturated heterocycles. The molecule has 1 atom stereocenters. The van der Waals surface area contributed by atoms with Crippen LogP contribution in [0.1, 0.15) is 34.1 Å². The molecule has 0 radical (unpaired) electrons. The standard InChI is InChI=1S/C18H15S.C9H16F2O5S/c1-4-10-16(11-5-1)19(17-12-6-2-7-13-17)18-14-8-3-9-15-18;1-5-8(3,4)7(12)16-6(2)9(10,11)17(13,14)15/h1-15H;6H,5H2,1-4H3,(H,13,14,15)/q+1;/p-1. The minimum Gasteiger partial charge on any atom is -0.743 e. The molecule has 0 heterocycles. The first kappa shape index (κ1) is 29.5. The van der Waals surface area contributed by atoms with Crippen molar-refractivity contribution in [1.29, 1.82) is 0 Å². The first-order chi connectivity index (χ1) is 16.8. The second-order valence-electron chi connectivity index (χ2n) is 8.55. The van der Waals surface area contributed by atoms with Crippen LogP contribution >= 0.6 is 0 Å². The molecule has 3 aromatic rings. The maximum Gasteiger partial charge on any atom is 0.369 e. The van der Waals surface area contributed by atoms with Crippen LogP contribution in [-0.4, -0.2) is 30.3 Å². The van der Waals surface area contributed by atoms with Crippen molar-refractivity contribution >= 4 is 27.0 Å². The van der Waals surface area contributed by atoms with Crippen molar-refractivity contribution in [3.8, 4) is 0 Å². The van der Waals surface area contributed by atoms with Crippen molar-refractivity contribution in [1.82, 2.24) is 0 Å². The molecule has 194 valence electrons. The number of carbonyl (C=O) groups excluding carboxylic acids is 1. The fourth-order valence-electron chi connectivity index (χ4n) is 2.81. The predicted molar refractivity (Wildman–Crippen MR) is 136 cm³/mol. The Morgan fingerprint density at radius 3 is 1.47 bits per heavy atom. The third-order valence-electron chi connectivity index (χ3n) is 5.46. The second kappa shape index (κ2) is 12.5. The van der Waals surface area contributed by atoms with Gasteiger partial charge < -0.3 is 9.29 Å². The molecule has 0 aliphatic carbocycles. The molecule has 0 amide bonds. The van der Waals surface area contributed by atoms with E-state index in [1.165, 1.54) is 28.5 Å². The van der Waals surface area contributed by atoms with Crippen LogP contribution in [0.2, 0.25) is 0 Å². The molecule has 0 N–H and O–H groups in total. The minimum atomic E-state index is -5.86. The lowest BCUT2D eigenvalue weighted by Crippen LogP contribution is -2.44. The molecular formula is C27H30F2O5S2. The highest BCUT2D eigenvalue weighted by atomic mass is 32.2. The van der Waals surface area contributed by atoms with Crippen LogP contribution in [0.25, 0.3) is 0 Å². The van der Waals surface area contributed by atoms with Gasteiger partial charge in [-0.1, -0.05) is 61.5 Å². The molecule has 3 aromatic carbocycles. The number of rotatable bonds is 8. The molecular weight excluding hydrogens is 506 g/mol. The second-order valence-corrected chi connectivity index (χ2v) is 12.0. The molecule has 0 spiro atoms. The van der Waals surface area contributed by atoms with Gasteiger partial charge in [0.05, 0.1) is 16.3 Å². The summed E-state index contributed by atoms with van der Waals surface area (Å²) in [5.41, 5.74) is -1.02. The Morgan fingerprint density at radius 2 is 1.19 bits per heavy atom. The van der Waals surface area contributed by atoms with E-state index in [1.54, 1.807) is 6.92 Å². The van der Waals surface area contributed by atoms with Crippen LogP contribution in [-0.2, 0) is 30.5 Å². The summed E-state index contributed by atoms with van der Waals surface area (Å²) in [6.07, 6.45) is -1.99. The van der Waals surface area contributed by atoms with E-state index in [-0.39, 0.29) is 10.9 Å². The zero-order valence-corrected chi connectivity index (χ0v) is 22.2. The van der Waals surface area contributed by atoms with E-state index in [9.17, 15) is 26.5 Å². The molecule has 9 heteroatoms. The van der Waals surface area contributed by atoms with Crippen molar-refractivity contribution in [3.05, 3.63) is 91.0 Å². The Hall–Kier alpha value is -2.75. The highest BCUT2D eigenvalue weighted by Gasteiger charge is 2.47. The monoisotopic (exact) mass is 536 g/mol. The van der Waals surface area contributed by atoms with Gasteiger partial charge in [-0.3, -0.25) is 4.79 Å². The molecule has 5 nitrogen and oxygen atoms in total. The van der Waals surface area contributed by atoms with E-state index in [2.05, 4.69) is 95.7 Å². The van der Waals surface area contributed by atoms with E-state index in [0.717, 1.165) is 0 Å². The van der Waals surface area contributed by atoms with Crippen LogP contribution in [0.5, 0.6) is 0 Å². The van der Waals surface area contributed by atoms with Crippen LogP contribution in [0.4, 0.5) is 8.78 Å². The molecule has 3 rings (SSSR count). The SMILES string of the molecule is CCC(C)(C)C(=O)OC(C)C(F)(F)S(=O)(=O)[O-].c1ccc([S+](c2ccccc2)c2ccccc2)cc1. The average Bonchev–Trinajstić information content (AvgIpc) is 2.86. The number of alkyl halides is 2. The minimum absolute atomic E-state index is 0.0146. The highest BCUT2D eigenvalue weighted by Crippen LogP contribution is 2.31. The van der Waals surface area contributed by atoms with Crippen molar-refractivity contribution in [2.24, 2.45) is 5.41 Å². The lowest BCUT2D eigenvalue weighted by atomic mass is 9.91. The van der Waals surface area contributed by atoms with Crippen molar-refractivity contribution in [3.63, 3.8) is 0 Å². The van der Waals surface area contributed by atoms with Gasteiger partial charge in [-0.25, -0.2) is 8.42 Å². The van der Waals surface area contributed by atoms with Gasteiger partial charge in [0.15, 0.2) is 30.9 Å². The summed E-state index contributed by atoms with van der Waals surface area (Å²) in [4.78, 5) is 15.5. The first-order valence-electron chi connectivity index (χ1n) is 11.2. The van der Waals surface area contributed by atoms with Gasteiger partial charge in [-0.2, -0.15) is 8.78 Å². The zero-order valence-electron chi connectivity index (χ0n) is 20.6. The Morgan fingerprint density at radius 1 is 0.861 bits per heavy atom. The number of hydrogen-bond donors (Lipinski definition) is 0. The molecule has 0 bridgehead atoms. The number of esters is 1. The summed E-state index contributed by atoms with van der Waals surface area (Å²) in [5.74, 6) is -0.976. The normalized spacial score (nSPS) is 12.9.